The molecule has 2 aromatic rings. The maximum absolute atomic E-state index is 13.2. The number of para-hydroxylation sites is 1. The van der Waals surface area contributed by atoms with Crippen LogP contribution >= 0.6 is 0 Å². The average Bonchev–Trinajstić information content (AvgIpc) is 2.59. The average molecular weight is 347 g/mol. The number of ether oxygens (including phenoxy) is 2. The third-order valence-corrected chi connectivity index (χ3v) is 5.52. The summed E-state index contributed by atoms with van der Waals surface area (Å²) in [5.41, 5.74) is 1.16. The van der Waals surface area contributed by atoms with E-state index in [2.05, 4.69) is 6.58 Å². The largest absolute Gasteiger partial charge is 0.493 e. The molecule has 2 aromatic carbocycles. The minimum Gasteiger partial charge on any atom is -0.493 e. The first kappa shape index (κ1) is 17.9. The van der Waals surface area contributed by atoms with Gasteiger partial charge in [0.2, 0.25) is 0 Å². The van der Waals surface area contributed by atoms with E-state index in [0.29, 0.717) is 22.7 Å². The molecule has 0 aliphatic carbocycles. The van der Waals surface area contributed by atoms with Crippen LogP contribution in [0.3, 0.4) is 0 Å². The van der Waals surface area contributed by atoms with Crippen molar-refractivity contribution in [3.63, 3.8) is 0 Å². The predicted molar refractivity (Wildman–Crippen MR) is 95.5 cm³/mol. The van der Waals surface area contributed by atoms with E-state index < -0.39 is 10.0 Å². The molecule has 0 aliphatic heterocycles. The number of sulfonamides is 1. The molecule has 0 heterocycles. The van der Waals surface area contributed by atoms with E-state index in [0.717, 1.165) is 0 Å². The summed E-state index contributed by atoms with van der Waals surface area (Å²) in [7, 11) is -0.790. The van der Waals surface area contributed by atoms with Crippen LogP contribution in [0.1, 0.15) is 5.56 Å². The van der Waals surface area contributed by atoms with Crippen LogP contribution < -0.4 is 13.8 Å². The minimum absolute atomic E-state index is 0.167. The smallest absolute Gasteiger partial charge is 0.265 e. The highest BCUT2D eigenvalue weighted by Crippen LogP contribution is 2.34. The van der Waals surface area contributed by atoms with Gasteiger partial charge in [-0.3, -0.25) is 4.31 Å². The van der Waals surface area contributed by atoms with Crippen molar-refractivity contribution in [1.82, 2.24) is 0 Å². The first-order valence-corrected chi connectivity index (χ1v) is 8.81. The lowest BCUT2D eigenvalue weighted by molar-refractivity contribution is 0.353. The lowest BCUT2D eigenvalue weighted by Gasteiger charge is -2.24. The number of hydrogen-bond acceptors (Lipinski definition) is 4. The monoisotopic (exact) mass is 347 g/mol. The summed E-state index contributed by atoms with van der Waals surface area (Å²) >= 11 is 0. The molecule has 0 fully saturated rings. The van der Waals surface area contributed by atoms with Gasteiger partial charge in [-0.1, -0.05) is 24.3 Å². The number of anilines is 1. The Morgan fingerprint density at radius 1 is 1.08 bits per heavy atom. The molecule has 0 saturated carbocycles. The molecule has 0 aromatic heterocycles. The van der Waals surface area contributed by atoms with E-state index in [1.807, 2.05) is 6.07 Å². The van der Waals surface area contributed by atoms with E-state index in [1.54, 1.807) is 43.3 Å². The second-order valence-corrected chi connectivity index (χ2v) is 6.96. The van der Waals surface area contributed by atoms with Crippen LogP contribution in [0.25, 0.3) is 0 Å². The fraction of sp³-hybridized carbons (Fsp3) is 0.222. The van der Waals surface area contributed by atoms with Gasteiger partial charge in [0, 0.05) is 6.07 Å². The second kappa shape index (κ2) is 7.40. The molecule has 5 nitrogen and oxygen atoms in total. The van der Waals surface area contributed by atoms with E-state index in [-0.39, 0.29) is 11.4 Å². The third kappa shape index (κ3) is 3.38. The van der Waals surface area contributed by atoms with Gasteiger partial charge in [0.05, 0.1) is 31.3 Å². The molecule has 0 saturated heterocycles. The number of rotatable bonds is 7. The summed E-state index contributed by atoms with van der Waals surface area (Å²) < 4.78 is 38.2. The Labute approximate surface area is 143 Å². The molecular weight excluding hydrogens is 326 g/mol. The van der Waals surface area contributed by atoms with Gasteiger partial charge < -0.3 is 9.47 Å². The van der Waals surface area contributed by atoms with Gasteiger partial charge in [0.1, 0.15) is 0 Å². The van der Waals surface area contributed by atoms with Crippen molar-refractivity contribution >= 4 is 15.7 Å². The maximum atomic E-state index is 13.2. The standard InChI is InChI=1S/C18H21NO4S/c1-5-11-19(15-9-7-6-8-10-15)24(20,21)18-13-17(23-4)16(22-3)12-14(18)2/h5-10,12-13H,1,11H2,2-4H3. The van der Waals surface area contributed by atoms with E-state index in [4.69, 9.17) is 9.47 Å². The molecule has 128 valence electrons. The van der Waals surface area contributed by atoms with Crippen molar-refractivity contribution in [2.24, 2.45) is 0 Å². The van der Waals surface area contributed by atoms with Gasteiger partial charge in [0.15, 0.2) is 11.5 Å². The molecule has 2 rings (SSSR count). The predicted octanol–water partition coefficient (Wildman–Crippen LogP) is 3.39. The van der Waals surface area contributed by atoms with E-state index in [1.165, 1.54) is 24.6 Å². The van der Waals surface area contributed by atoms with Crippen molar-refractivity contribution < 1.29 is 17.9 Å². The molecule has 0 bridgehead atoms. The van der Waals surface area contributed by atoms with Gasteiger partial charge >= 0.3 is 0 Å². The van der Waals surface area contributed by atoms with Crippen LogP contribution in [0.5, 0.6) is 11.5 Å². The Morgan fingerprint density at radius 2 is 1.67 bits per heavy atom. The van der Waals surface area contributed by atoms with E-state index >= 15 is 0 Å². The Bertz CT molecular complexity index is 816. The summed E-state index contributed by atoms with van der Waals surface area (Å²) in [5, 5.41) is 0. The van der Waals surface area contributed by atoms with Crippen molar-refractivity contribution in [3.8, 4) is 11.5 Å². The van der Waals surface area contributed by atoms with Gasteiger partial charge in [-0.2, -0.15) is 0 Å². The number of aryl methyl sites for hydroxylation is 1. The highest BCUT2D eigenvalue weighted by Gasteiger charge is 2.27. The van der Waals surface area contributed by atoms with Crippen LogP contribution in [0, 0.1) is 6.92 Å². The molecule has 0 N–H and O–H groups in total. The Kier molecular flexibility index (Phi) is 5.51. The number of nitrogens with zero attached hydrogens (tertiary/aromatic N) is 1. The van der Waals surface area contributed by atoms with Crippen molar-refractivity contribution in [3.05, 3.63) is 60.7 Å². The van der Waals surface area contributed by atoms with Crippen LogP contribution in [0.4, 0.5) is 5.69 Å². The summed E-state index contributed by atoms with van der Waals surface area (Å²) in [4.78, 5) is 0.172. The number of methoxy groups -OCH3 is 2. The normalized spacial score (nSPS) is 11.0. The SMILES string of the molecule is C=CCN(c1ccccc1)S(=O)(=O)c1cc(OC)c(OC)cc1C. The topological polar surface area (TPSA) is 55.8 Å². The molecular formula is C18H21NO4S. The van der Waals surface area contributed by atoms with Crippen LogP contribution in [0.15, 0.2) is 60.0 Å². The van der Waals surface area contributed by atoms with Gasteiger partial charge in [-0.05, 0) is 30.7 Å². The molecule has 0 unspecified atom stereocenters. The summed E-state index contributed by atoms with van der Waals surface area (Å²) in [6.45, 7) is 5.56. The molecule has 6 heteroatoms. The summed E-state index contributed by atoms with van der Waals surface area (Å²) in [5.74, 6) is 0.859. The lowest BCUT2D eigenvalue weighted by atomic mass is 10.2. The second-order valence-electron chi connectivity index (χ2n) is 5.13. The minimum atomic E-state index is -3.78. The number of benzene rings is 2. The quantitative estimate of drug-likeness (QED) is 0.721. The summed E-state index contributed by atoms with van der Waals surface area (Å²) in [6, 6.07) is 12.1. The van der Waals surface area contributed by atoms with Crippen molar-refractivity contribution in [1.29, 1.82) is 0 Å². The molecule has 0 radical (unpaired) electrons. The van der Waals surface area contributed by atoms with Crippen LogP contribution in [-0.4, -0.2) is 29.2 Å². The van der Waals surface area contributed by atoms with Crippen LogP contribution in [0.2, 0.25) is 0 Å². The van der Waals surface area contributed by atoms with Gasteiger partial charge in [-0.25, -0.2) is 8.42 Å². The van der Waals surface area contributed by atoms with Gasteiger partial charge in [-0.15, -0.1) is 6.58 Å². The summed E-state index contributed by atoms with van der Waals surface area (Å²) in [6.07, 6.45) is 1.56. The maximum Gasteiger partial charge on any atom is 0.265 e. The fourth-order valence-electron chi connectivity index (χ4n) is 2.41. The van der Waals surface area contributed by atoms with E-state index in [9.17, 15) is 8.42 Å². The van der Waals surface area contributed by atoms with Crippen LogP contribution in [-0.2, 0) is 10.0 Å². The van der Waals surface area contributed by atoms with Crippen molar-refractivity contribution in [2.45, 2.75) is 11.8 Å². The fourth-order valence-corrected chi connectivity index (χ4v) is 4.07. The highest BCUT2D eigenvalue weighted by atomic mass is 32.2. The zero-order valence-electron chi connectivity index (χ0n) is 14.0. The molecule has 0 aliphatic rings. The molecule has 0 spiro atoms. The molecule has 0 amide bonds. The first-order valence-electron chi connectivity index (χ1n) is 7.37. The highest BCUT2D eigenvalue weighted by molar-refractivity contribution is 7.92. The number of hydrogen-bond donors (Lipinski definition) is 0. The first-order chi connectivity index (χ1) is 11.5. The Hall–Kier alpha value is -2.47. The third-order valence-electron chi connectivity index (χ3n) is 3.59. The zero-order chi connectivity index (χ0) is 17.7. The van der Waals surface area contributed by atoms with Gasteiger partial charge in [0.25, 0.3) is 10.0 Å². The Balaban J connectivity index is 2.61. The van der Waals surface area contributed by atoms with Crippen molar-refractivity contribution in [2.75, 3.05) is 25.1 Å². The Morgan fingerprint density at radius 3 is 2.21 bits per heavy atom. The lowest BCUT2D eigenvalue weighted by Crippen LogP contribution is -2.31. The zero-order valence-corrected chi connectivity index (χ0v) is 14.8. The molecule has 0 atom stereocenters. The molecule has 24 heavy (non-hydrogen) atoms.